The maximum absolute atomic E-state index is 11.9. The number of aromatic nitrogens is 3. The molecular formula is C13H14ClN3O2. The van der Waals surface area contributed by atoms with Crippen LogP contribution in [0.1, 0.15) is 24.3 Å². The van der Waals surface area contributed by atoms with Gasteiger partial charge in [-0.1, -0.05) is 28.9 Å². The topological polar surface area (TPSA) is 57.0 Å². The molecule has 1 heterocycles. The Morgan fingerprint density at radius 1 is 1.32 bits per heavy atom. The largest absolute Gasteiger partial charge is 0.461 e. The minimum absolute atomic E-state index is 0.228. The Hall–Kier alpha value is -1.88. The van der Waals surface area contributed by atoms with Crippen LogP contribution in [-0.2, 0) is 11.3 Å². The average molecular weight is 280 g/mol. The van der Waals surface area contributed by atoms with Gasteiger partial charge in [0, 0.05) is 17.1 Å². The van der Waals surface area contributed by atoms with E-state index in [0.29, 0.717) is 23.9 Å². The zero-order chi connectivity index (χ0) is 13.8. The van der Waals surface area contributed by atoms with Crippen molar-refractivity contribution in [1.29, 1.82) is 0 Å². The van der Waals surface area contributed by atoms with E-state index >= 15 is 0 Å². The van der Waals surface area contributed by atoms with Gasteiger partial charge in [-0.2, -0.15) is 0 Å². The summed E-state index contributed by atoms with van der Waals surface area (Å²) in [6.45, 7) is 4.61. The van der Waals surface area contributed by atoms with E-state index in [0.717, 1.165) is 5.56 Å². The number of hydrogen-bond acceptors (Lipinski definition) is 4. The molecule has 19 heavy (non-hydrogen) atoms. The summed E-state index contributed by atoms with van der Waals surface area (Å²) < 4.78 is 6.65. The molecule has 0 saturated carbocycles. The molecule has 0 N–H and O–H groups in total. The van der Waals surface area contributed by atoms with E-state index in [2.05, 4.69) is 10.3 Å². The highest BCUT2D eigenvalue weighted by molar-refractivity contribution is 6.30. The summed E-state index contributed by atoms with van der Waals surface area (Å²) >= 11 is 5.87. The van der Waals surface area contributed by atoms with E-state index in [1.54, 1.807) is 23.7 Å². The zero-order valence-corrected chi connectivity index (χ0v) is 11.5. The third kappa shape index (κ3) is 2.76. The van der Waals surface area contributed by atoms with Crippen LogP contribution < -0.4 is 0 Å². The van der Waals surface area contributed by atoms with Crippen LogP contribution in [0.3, 0.4) is 0 Å². The van der Waals surface area contributed by atoms with Gasteiger partial charge in [-0.05, 0) is 26.0 Å². The molecule has 0 unspecified atom stereocenters. The number of nitrogens with zero attached hydrogens (tertiary/aromatic N) is 3. The number of esters is 1. The molecule has 2 aromatic rings. The van der Waals surface area contributed by atoms with Crippen molar-refractivity contribution in [1.82, 2.24) is 15.0 Å². The first-order valence-corrected chi connectivity index (χ1v) is 6.41. The van der Waals surface area contributed by atoms with Crippen molar-refractivity contribution in [2.75, 3.05) is 6.61 Å². The second kappa shape index (κ2) is 5.84. The summed E-state index contributed by atoms with van der Waals surface area (Å²) in [7, 11) is 0. The Labute approximate surface area is 116 Å². The number of hydrogen-bond donors (Lipinski definition) is 0. The fourth-order valence-electron chi connectivity index (χ4n) is 1.76. The molecule has 1 aromatic carbocycles. The Kier molecular flexibility index (Phi) is 4.16. The molecule has 5 nitrogen and oxygen atoms in total. The van der Waals surface area contributed by atoms with Gasteiger partial charge in [-0.15, -0.1) is 5.10 Å². The standard InChI is InChI=1S/C13H14ClN3O2/c1-3-17-12(9-5-7-10(14)8-6-9)11(15-16-17)13(18)19-4-2/h5-8H,3-4H2,1-2H3. The van der Waals surface area contributed by atoms with Crippen molar-refractivity contribution >= 4 is 17.6 Å². The monoisotopic (exact) mass is 279 g/mol. The molecule has 0 saturated heterocycles. The number of aryl methyl sites for hydroxylation is 1. The predicted molar refractivity (Wildman–Crippen MR) is 72.1 cm³/mol. The smallest absolute Gasteiger partial charge is 0.361 e. The van der Waals surface area contributed by atoms with Crippen molar-refractivity contribution in [3.63, 3.8) is 0 Å². The Morgan fingerprint density at radius 3 is 2.58 bits per heavy atom. The Bertz CT molecular complexity index is 578. The van der Waals surface area contributed by atoms with Gasteiger partial charge in [0.2, 0.25) is 0 Å². The molecule has 0 aliphatic carbocycles. The fraction of sp³-hybridized carbons (Fsp3) is 0.308. The van der Waals surface area contributed by atoms with Gasteiger partial charge in [0.1, 0.15) is 5.69 Å². The molecule has 0 amide bonds. The molecule has 0 aliphatic rings. The van der Waals surface area contributed by atoms with Crippen molar-refractivity contribution in [2.45, 2.75) is 20.4 Å². The number of carbonyl (C=O) groups excluding carboxylic acids is 1. The van der Waals surface area contributed by atoms with Gasteiger partial charge in [0.25, 0.3) is 0 Å². The summed E-state index contributed by atoms with van der Waals surface area (Å²) in [5, 5.41) is 8.52. The summed E-state index contributed by atoms with van der Waals surface area (Å²) in [4.78, 5) is 11.9. The van der Waals surface area contributed by atoms with Crippen molar-refractivity contribution < 1.29 is 9.53 Å². The summed E-state index contributed by atoms with van der Waals surface area (Å²) in [6, 6.07) is 7.18. The number of halogens is 1. The number of carbonyl (C=O) groups is 1. The van der Waals surface area contributed by atoms with E-state index in [9.17, 15) is 4.79 Å². The molecule has 0 atom stereocenters. The second-order valence-corrected chi connectivity index (χ2v) is 4.27. The van der Waals surface area contributed by atoms with Crippen LogP contribution in [-0.4, -0.2) is 27.6 Å². The highest BCUT2D eigenvalue weighted by Crippen LogP contribution is 2.24. The van der Waals surface area contributed by atoms with E-state index in [-0.39, 0.29) is 5.69 Å². The molecule has 0 spiro atoms. The van der Waals surface area contributed by atoms with Crippen LogP contribution in [0.25, 0.3) is 11.3 Å². The molecule has 6 heteroatoms. The van der Waals surface area contributed by atoms with Gasteiger partial charge >= 0.3 is 5.97 Å². The third-order valence-electron chi connectivity index (χ3n) is 2.62. The van der Waals surface area contributed by atoms with Crippen molar-refractivity contribution in [3.05, 3.63) is 35.0 Å². The molecule has 0 fully saturated rings. The van der Waals surface area contributed by atoms with Crippen LogP contribution >= 0.6 is 11.6 Å². The predicted octanol–water partition coefficient (Wildman–Crippen LogP) is 2.80. The summed E-state index contributed by atoms with van der Waals surface area (Å²) in [5.74, 6) is -0.466. The normalized spacial score (nSPS) is 10.5. The van der Waals surface area contributed by atoms with Gasteiger partial charge < -0.3 is 4.74 Å². The first-order chi connectivity index (χ1) is 9.17. The van der Waals surface area contributed by atoms with Gasteiger partial charge in [0.05, 0.1) is 6.61 Å². The number of rotatable bonds is 4. The average Bonchev–Trinajstić information content (AvgIpc) is 2.83. The summed E-state index contributed by atoms with van der Waals surface area (Å²) in [5.41, 5.74) is 1.71. The first kappa shape index (κ1) is 13.5. The lowest BCUT2D eigenvalue weighted by Gasteiger charge is -2.06. The highest BCUT2D eigenvalue weighted by Gasteiger charge is 2.21. The minimum atomic E-state index is -0.466. The Morgan fingerprint density at radius 2 is 2.00 bits per heavy atom. The fourth-order valence-corrected chi connectivity index (χ4v) is 1.89. The quantitative estimate of drug-likeness (QED) is 0.808. The zero-order valence-electron chi connectivity index (χ0n) is 10.8. The van der Waals surface area contributed by atoms with Gasteiger partial charge in [0.15, 0.2) is 5.69 Å². The highest BCUT2D eigenvalue weighted by atomic mass is 35.5. The molecule has 0 bridgehead atoms. The summed E-state index contributed by atoms with van der Waals surface area (Å²) in [6.07, 6.45) is 0. The van der Waals surface area contributed by atoms with Crippen molar-refractivity contribution in [3.8, 4) is 11.3 Å². The van der Waals surface area contributed by atoms with Gasteiger partial charge in [-0.3, -0.25) is 0 Å². The van der Waals surface area contributed by atoms with E-state index in [4.69, 9.17) is 16.3 Å². The number of benzene rings is 1. The third-order valence-corrected chi connectivity index (χ3v) is 2.87. The molecule has 100 valence electrons. The number of ether oxygens (including phenoxy) is 1. The SMILES string of the molecule is CCOC(=O)c1nnn(CC)c1-c1ccc(Cl)cc1. The van der Waals surface area contributed by atoms with Crippen LogP contribution in [0, 0.1) is 0 Å². The molecule has 0 aliphatic heterocycles. The Balaban J connectivity index is 2.50. The first-order valence-electron chi connectivity index (χ1n) is 6.03. The molecular weight excluding hydrogens is 266 g/mol. The molecule has 1 aromatic heterocycles. The van der Waals surface area contributed by atoms with E-state index in [1.807, 2.05) is 19.1 Å². The van der Waals surface area contributed by atoms with Crippen LogP contribution in [0.2, 0.25) is 5.02 Å². The molecule has 2 rings (SSSR count). The van der Waals surface area contributed by atoms with E-state index < -0.39 is 5.97 Å². The van der Waals surface area contributed by atoms with E-state index in [1.165, 1.54) is 0 Å². The lowest BCUT2D eigenvalue weighted by Crippen LogP contribution is -2.08. The van der Waals surface area contributed by atoms with Crippen LogP contribution in [0.15, 0.2) is 24.3 Å². The van der Waals surface area contributed by atoms with Crippen LogP contribution in [0.4, 0.5) is 0 Å². The molecule has 0 radical (unpaired) electrons. The lowest BCUT2D eigenvalue weighted by atomic mass is 10.1. The van der Waals surface area contributed by atoms with Crippen molar-refractivity contribution in [2.24, 2.45) is 0 Å². The lowest BCUT2D eigenvalue weighted by molar-refractivity contribution is 0.0520. The second-order valence-electron chi connectivity index (χ2n) is 3.83. The maximum Gasteiger partial charge on any atom is 0.361 e. The maximum atomic E-state index is 11.9. The van der Waals surface area contributed by atoms with Gasteiger partial charge in [-0.25, -0.2) is 9.48 Å². The minimum Gasteiger partial charge on any atom is -0.461 e. The van der Waals surface area contributed by atoms with Crippen LogP contribution in [0.5, 0.6) is 0 Å².